The zero-order chi connectivity index (χ0) is 26.6. The van der Waals surface area contributed by atoms with Crippen LogP contribution in [-0.4, -0.2) is 52.4 Å². The summed E-state index contributed by atoms with van der Waals surface area (Å²) in [7, 11) is 1.47. The summed E-state index contributed by atoms with van der Waals surface area (Å²) in [6.07, 6.45) is 9.71. The van der Waals surface area contributed by atoms with E-state index < -0.39 is 12.1 Å². The summed E-state index contributed by atoms with van der Waals surface area (Å²) in [5.41, 5.74) is 2.50. The predicted molar refractivity (Wildman–Crippen MR) is 143 cm³/mol. The summed E-state index contributed by atoms with van der Waals surface area (Å²) in [4.78, 5) is 21.7. The van der Waals surface area contributed by atoms with E-state index in [-0.39, 0.29) is 28.8 Å². The first-order chi connectivity index (χ1) is 17.6. The first-order valence-electron chi connectivity index (χ1n) is 13.1. The van der Waals surface area contributed by atoms with Gasteiger partial charge in [-0.3, -0.25) is 4.79 Å². The van der Waals surface area contributed by atoms with Crippen LogP contribution in [0.5, 0.6) is 11.8 Å². The number of hydrogen-bond donors (Lipinski definition) is 3. The van der Waals surface area contributed by atoms with E-state index in [1.54, 1.807) is 24.4 Å². The third kappa shape index (κ3) is 6.48. The van der Waals surface area contributed by atoms with Crippen LogP contribution in [0.25, 0.3) is 0 Å². The number of nitrogens with one attached hydrogen (secondary N) is 2. The first-order valence-corrected chi connectivity index (χ1v) is 13.1. The van der Waals surface area contributed by atoms with Crippen LogP contribution in [0.1, 0.15) is 80.4 Å². The van der Waals surface area contributed by atoms with Crippen molar-refractivity contribution in [3.8, 4) is 11.8 Å². The van der Waals surface area contributed by atoms with E-state index in [1.165, 1.54) is 12.7 Å². The van der Waals surface area contributed by atoms with E-state index >= 15 is 0 Å². The number of carbonyl (C=O) groups is 1. The Labute approximate surface area is 219 Å². The Bertz CT molecular complexity index is 1110. The smallest absolute Gasteiger partial charge is 0.257 e. The minimum Gasteiger partial charge on any atom is -0.480 e. The Morgan fingerprint density at radius 2 is 2.16 bits per heavy atom. The highest BCUT2D eigenvalue weighted by Gasteiger charge is 2.46. The third-order valence-electron chi connectivity index (χ3n) is 7.18. The second-order valence-corrected chi connectivity index (χ2v) is 11.5. The van der Waals surface area contributed by atoms with Crippen molar-refractivity contribution in [2.24, 2.45) is 5.41 Å². The maximum Gasteiger partial charge on any atom is 0.257 e. The molecule has 8 heteroatoms. The summed E-state index contributed by atoms with van der Waals surface area (Å²) in [5.74, 6) is 0.583. The normalized spacial score (nSPS) is 19.6. The molecule has 1 amide bonds. The Balaban J connectivity index is 1.48. The van der Waals surface area contributed by atoms with E-state index in [4.69, 9.17) is 14.5 Å². The number of ether oxygens (including phenoxy) is 2. The van der Waals surface area contributed by atoms with Gasteiger partial charge < -0.3 is 25.2 Å². The number of nitrogens with zero attached hydrogens (tertiary/aromatic N) is 2. The molecule has 1 spiro atoms. The number of hydrogen-bond acceptors (Lipinski definition) is 7. The lowest BCUT2D eigenvalue weighted by Gasteiger charge is -2.47. The largest absolute Gasteiger partial charge is 0.480 e. The van der Waals surface area contributed by atoms with Crippen molar-refractivity contribution < 1.29 is 19.4 Å². The maximum absolute atomic E-state index is 12.9. The molecule has 37 heavy (non-hydrogen) atoms. The van der Waals surface area contributed by atoms with Crippen LogP contribution in [0.4, 0.5) is 0 Å². The van der Waals surface area contributed by atoms with Gasteiger partial charge in [0, 0.05) is 37.0 Å². The highest BCUT2D eigenvalue weighted by molar-refractivity contribution is 5.96. The number of aliphatic hydroxyl groups is 1. The fraction of sp³-hybridized carbons (Fsp3) is 0.552. The number of fused-ring (bicyclic) bond motifs is 1. The average molecular weight is 509 g/mol. The van der Waals surface area contributed by atoms with E-state index in [0.717, 1.165) is 37.7 Å². The zero-order valence-electron chi connectivity index (χ0n) is 22.4. The van der Waals surface area contributed by atoms with Crippen LogP contribution in [-0.2, 0) is 6.42 Å². The van der Waals surface area contributed by atoms with Crippen molar-refractivity contribution in [3.05, 3.63) is 59.9 Å². The Morgan fingerprint density at radius 3 is 2.81 bits per heavy atom. The molecule has 2 aliphatic rings. The summed E-state index contributed by atoms with van der Waals surface area (Å²) < 4.78 is 11.6. The zero-order valence-corrected chi connectivity index (χ0v) is 22.4. The molecule has 1 aliphatic heterocycles. The number of pyridine rings is 2. The molecule has 0 aromatic carbocycles. The summed E-state index contributed by atoms with van der Waals surface area (Å²) in [6, 6.07) is 5.00. The monoisotopic (exact) mass is 508 g/mol. The Kier molecular flexibility index (Phi) is 8.19. The number of rotatable bonds is 10. The minimum atomic E-state index is -0.834. The lowest BCUT2D eigenvalue weighted by atomic mass is 9.73. The highest BCUT2D eigenvalue weighted by Crippen LogP contribution is 2.48. The van der Waals surface area contributed by atoms with Gasteiger partial charge in [-0.05, 0) is 61.3 Å². The molecule has 0 radical (unpaired) electrons. The number of aliphatic hydroxyl groups excluding tert-OH is 1. The quantitative estimate of drug-likeness (QED) is 0.414. The molecule has 3 N–H and O–H groups in total. The van der Waals surface area contributed by atoms with Gasteiger partial charge in [0.15, 0.2) is 0 Å². The maximum atomic E-state index is 12.9. The summed E-state index contributed by atoms with van der Waals surface area (Å²) in [5, 5.41) is 17.6. The Morgan fingerprint density at radius 1 is 1.38 bits per heavy atom. The second kappa shape index (κ2) is 11.2. The van der Waals surface area contributed by atoms with Gasteiger partial charge in [-0.25, -0.2) is 9.97 Å². The lowest BCUT2D eigenvalue weighted by molar-refractivity contribution is -0.0420. The number of amides is 1. The van der Waals surface area contributed by atoms with E-state index in [0.29, 0.717) is 24.4 Å². The molecular formula is C29H40N4O4. The third-order valence-corrected chi connectivity index (χ3v) is 7.18. The molecule has 1 aliphatic carbocycles. The molecule has 4 rings (SSSR count). The first kappa shape index (κ1) is 27.1. The molecule has 200 valence electrons. The van der Waals surface area contributed by atoms with Crippen LogP contribution in [0, 0.1) is 5.41 Å². The van der Waals surface area contributed by atoms with Crippen LogP contribution in [0.2, 0.25) is 0 Å². The molecule has 1 fully saturated rings. The number of methoxy groups -OCH3 is 1. The van der Waals surface area contributed by atoms with Gasteiger partial charge in [0.25, 0.3) is 5.91 Å². The van der Waals surface area contributed by atoms with Crippen molar-refractivity contribution in [2.75, 3.05) is 13.7 Å². The molecule has 3 atom stereocenters. The molecule has 2 aromatic rings. The highest BCUT2D eigenvalue weighted by atomic mass is 16.5. The van der Waals surface area contributed by atoms with Gasteiger partial charge >= 0.3 is 0 Å². The van der Waals surface area contributed by atoms with Gasteiger partial charge in [0.1, 0.15) is 11.2 Å². The topological polar surface area (TPSA) is 106 Å². The summed E-state index contributed by atoms with van der Waals surface area (Å²) >= 11 is 0. The van der Waals surface area contributed by atoms with Crippen molar-refractivity contribution in [3.63, 3.8) is 0 Å². The molecule has 0 bridgehead atoms. The standard InChI is InChI=1S/C29H40N4O4/c1-6-9-22(33-25(35)20-10-7-13-30-26(20)36-5)24(34)18-31-23-16-29(11-8-12-29)37-27-21(23)14-19(17-32-27)15-28(2,3)4/h6-7,10,13-14,17,22-24,31,34H,1,8-9,11-12,15-16,18H2,2-5H3,(H,33,35)/t22-,23-,24+/m0/s1. The molecule has 8 nitrogen and oxygen atoms in total. The minimum absolute atomic E-state index is 0.00428. The van der Waals surface area contributed by atoms with Crippen molar-refractivity contribution in [1.82, 2.24) is 20.6 Å². The van der Waals surface area contributed by atoms with E-state index in [1.807, 2.05) is 6.20 Å². The molecule has 1 saturated carbocycles. The molecule has 0 saturated heterocycles. The van der Waals surface area contributed by atoms with Crippen molar-refractivity contribution in [1.29, 1.82) is 0 Å². The molecule has 0 unspecified atom stereocenters. The van der Waals surface area contributed by atoms with Gasteiger partial charge in [-0.2, -0.15) is 0 Å². The SMILES string of the molecule is C=CC[C@H](NC(=O)c1cccnc1OC)[C@H](O)CN[C@H]1CC2(CCC2)Oc2ncc(CC(C)(C)C)cc21. The number of aromatic nitrogens is 2. The average Bonchev–Trinajstić information content (AvgIpc) is 2.84. The van der Waals surface area contributed by atoms with Gasteiger partial charge in [0.05, 0.1) is 19.3 Å². The lowest BCUT2D eigenvalue weighted by Crippen LogP contribution is -2.52. The van der Waals surface area contributed by atoms with Crippen LogP contribution < -0.4 is 20.1 Å². The van der Waals surface area contributed by atoms with Crippen molar-refractivity contribution >= 4 is 5.91 Å². The van der Waals surface area contributed by atoms with Gasteiger partial charge in [-0.1, -0.05) is 26.8 Å². The van der Waals surface area contributed by atoms with Crippen LogP contribution >= 0.6 is 0 Å². The fourth-order valence-corrected chi connectivity index (χ4v) is 5.22. The van der Waals surface area contributed by atoms with Gasteiger partial charge in [0.2, 0.25) is 11.8 Å². The predicted octanol–water partition coefficient (Wildman–Crippen LogP) is 4.15. The van der Waals surface area contributed by atoms with Gasteiger partial charge in [-0.15, -0.1) is 6.58 Å². The molecule has 3 heterocycles. The van der Waals surface area contributed by atoms with Crippen molar-refractivity contribution in [2.45, 2.75) is 83.1 Å². The van der Waals surface area contributed by atoms with Crippen LogP contribution in [0.3, 0.4) is 0 Å². The second-order valence-electron chi connectivity index (χ2n) is 11.5. The van der Waals surface area contributed by atoms with Crippen LogP contribution in [0.15, 0.2) is 43.2 Å². The molecular weight excluding hydrogens is 468 g/mol. The number of carbonyl (C=O) groups excluding carboxylic acids is 1. The van der Waals surface area contributed by atoms with E-state index in [9.17, 15) is 9.90 Å². The summed E-state index contributed by atoms with van der Waals surface area (Å²) in [6.45, 7) is 10.8. The van der Waals surface area contributed by atoms with E-state index in [2.05, 4.69) is 49.0 Å². The Hall–Kier alpha value is -2.97. The fourth-order valence-electron chi connectivity index (χ4n) is 5.22. The molecule has 2 aromatic heterocycles.